The quantitative estimate of drug-likeness (QED) is 0.697. The SMILES string of the molecule is CC(C)CCC[C@@H](C)NC(=O)C1CCN(S(=O)(=O)c2ccc(Cl)cc2)CC1. The molecule has 0 aromatic heterocycles. The number of piperidine rings is 1. The third-order valence-electron chi connectivity index (χ3n) is 5.08. The third kappa shape index (κ3) is 6.47. The highest BCUT2D eigenvalue weighted by molar-refractivity contribution is 7.89. The van der Waals surface area contributed by atoms with Crippen molar-refractivity contribution < 1.29 is 13.2 Å². The van der Waals surface area contributed by atoms with Gasteiger partial charge in [0.2, 0.25) is 15.9 Å². The van der Waals surface area contributed by atoms with Gasteiger partial charge in [-0.15, -0.1) is 0 Å². The number of nitrogens with one attached hydrogen (secondary N) is 1. The molecule has 1 aliphatic rings. The van der Waals surface area contributed by atoms with Crippen LogP contribution in [0, 0.1) is 11.8 Å². The summed E-state index contributed by atoms with van der Waals surface area (Å²) in [5, 5.41) is 3.60. The van der Waals surface area contributed by atoms with E-state index < -0.39 is 10.0 Å². The Hall–Kier alpha value is -1.11. The molecule has 0 saturated carbocycles. The van der Waals surface area contributed by atoms with Gasteiger partial charge >= 0.3 is 0 Å². The van der Waals surface area contributed by atoms with Crippen molar-refractivity contribution in [1.82, 2.24) is 9.62 Å². The second-order valence-electron chi connectivity index (χ2n) is 7.87. The minimum atomic E-state index is -3.53. The Morgan fingerprint density at radius 1 is 1.15 bits per heavy atom. The van der Waals surface area contributed by atoms with Crippen molar-refractivity contribution in [3.8, 4) is 0 Å². The molecule has 1 aromatic carbocycles. The normalized spacial score (nSPS) is 17.8. The zero-order valence-electron chi connectivity index (χ0n) is 16.4. The summed E-state index contributed by atoms with van der Waals surface area (Å²) in [6.45, 7) is 7.18. The fraction of sp³-hybridized carbons (Fsp3) is 0.650. The van der Waals surface area contributed by atoms with Gasteiger partial charge in [0.05, 0.1) is 4.90 Å². The molecule has 1 heterocycles. The fourth-order valence-electron chi connectivity index (χ4n) is 3.38. The maximum Gasteiger partial charge on any atom is 0.243 e. The molecule has 0 unspecified atom stereocenters. The van der Waals surface area contributed by atoms with Crippen LogP contribution in [0.1, 0.15) is 52.9 Å². The van der Waals surface area contributed by atoms with E-state index in [9.17, 15) is 13.2 Å². The van der Waals surface area contributed by atoms with Gasteiger partial charge in [0.25, 0.3) is 0 Å². The maximum absolute atomic E-state index is 12.7. The minimum absolute atomic E-state index is 0.0515. The van der Waals surface area contributed by atoms with Crippen molar-refractivity contribution in [2.45, 2.75) is 63.8 Å². The predicted molar refractivity (Wildman–Crippen MR) is 109 cm³/mol. The molecule has 152 valence electrons. The molecule has 7 heteroatoms. The highest BCUT2D eigenvalue weighted by atomic mass is 35.5. The van der Waals surface area contributed by atoms with Gasteiger partial charge in [-0.2, -0.15) is 4.31 Å². The molecule has 1 saturated heterocycles. The molecule has 1 N–H and O–H groups in total. The number of amides is 1. The molecule has 1 amide bonds. The van der Waals surface area contributed by atoms with E-state index in [0.717, 1.165) is 12.8 Å². The largest absolute Gasteiger partial charge is 0.353 e. The van der Waals surface area contributed by atoms with E-state index in [4.69, 9.17) is 11.6 Å². The lowest BCUT2D eigenvalue weighted by atomic mass is 9.96. The Morgan fingerprint density at radius 3 is 2.30 bits per heavy atom. The van der Waals surface area contributed by atoms with Crippen LogP contribution in [-0.2, 0) is 14.8 Å². The van der Waals surface area contributed by atoms with E-state index >= 15 is 0 Å². The van der Waals surface area contributed by atoms with Crippen molar-refractivity contribution in [2.24, 2.45) is 11.8 Å². The van der Waals surface area contributed by atoms with E-state index in [1.165, 1.54) is 22.9 Å². The smallest absolute Gasteiger partial charge is 0.243 e. The highest BCUT2D eigenvalue weighted by Gasteiger charge is 2.32. The lowest BCUT2D eigenvalue weighted by Gasteiger charge is -2.31. The van der Waals surface area contributed by atoms with Gasteiger partial charge in [-0.25, -0.2) is 8.42 Å². The molecular formula is C20H31ClN2O3S. The molecule has 1 aliphatic heterocycles. The van der Waals surface area contributed by atoms with Crippen LogP contribution in [0.2, 0.25) is 5.02 Å². The zero-order valence-corrected chi connectivity index (χ0v) is 18.0. The maximum atomic E-state index is 12.7. The summed E-state index contributed by atoms with van der Waals surface area (Å²) >= 11 is 5.84. The molecule has 2 rings (SSSR count). The molecule has 1 aromatic rings. The molecule has 0 radical (unpaired) electrons. The first-order chi connectivity index (χ1) is 12.7. The molecule has 1 fully saturated rings. The first kappa shape index (κ1) is 22.2. The third-order valence-corrected chi connectivity index (χ3v) is 7.25. The lowest BCUT2D eigenvalue weighted by Crippen LogP contribution is -2.44. The number of nitrogens with zero attached hydrogens (tertiary/aromatic N) is 1. The van der Waals surface area contributed by atoms with Crippen LogP contribution >= 0.6 is 11.6 Å². The van der Waals surface area contributed by atoms with Gasteiger partial charge in [-0.3, -0.25) is 4.79 Å². The van der Waals surface area contributed by atoms with E-state index in [0.29, 0.717) is 36.9 Å². The van der Waals surface area contributed by atoms with Gasteiger partial charge in [-0.1, -0.05) is 38.3 Å². The molecule has 0 spiro atoms. The van der Waals surface area contributed by atoms with Gasteiger partial charge in [0, 0.05) is 30.1 Å². The molecule has 27 heavy (non-hydrogen) atoms. The van der Waals surface area contributed by atoms with Crippen molar-refractivity contribution in [3.05, 3.63) is 29.3 Å². The Balaban J connectivity index is 1.83. The van der Waals surface area contributed by atoms with Crippen LogP contribution < -0.4 is 5.32 Å². The second-order valence-corrected chi connectivity index (χ2v) is 10.2. The van der Waals surface area contributed by atoms with Crippen LogP contribution in [0.5, 0.6) is 0 Å². The summed E-state index contributed by atoms with van der Waals surface area (Å²) in [5.41, 5.74) is 0. The summed E-state index contributed by atoms with van der Waals surface area (Å²) in [4.78, 5) is 12.7. The van der Waals surface area contributed by atoms with Crippen LogP contribution in [0.3, 0.4) is 0 Å². The summed E-state index contributed by atoms with van der Waals surface area (Å²) in [6.07, 6.45) is 4.36. The van der Waals surface area contributed by atoms with Gasteiger partial charge in [0.1, 0.15) is 0 Å². The number of hydrogen-bond donors (Lipinski definition) is 1. The summed E-state index contributed by atoms with van der Waals surface area (Å²) in [7, 11) is -3.53. The van der Waals surface area contributed by atoms with Gasteiger partial charge < -0.3 is 5.32 Å². The Kier molecular flexibility index (Phi) is 8.13. The summed E-state index contributed by atoms with van der Waals surface area (Å²) in [5.74, 6) is 0.615. The van der Waals surface area contributed by atoms with E-state index in [1.807, 2.05) is 6.92 Å². The van der Waals surface area contributed by atoms with Crippen LogP contribution in [0.15, 0.2) is 29.2 Å². The first-order valence-electron chi connectivity index (χ1n) is 9.76. The average molecular weight is 415 g/mol. The van der Waals surface area contributed by atoms with Crippen molar-refractivity contribution in [3.63, 3.8) is 0 Å². The number of benzene rings is 1. The second kappa shape index (κ2) is 9.89. The zero-order chi connectivity index (χ0) is 20.0. The Bertz CT molecular complexity index is 711. The standard InChI is InChI=1S/C20H31ClN2O3S/c1-15(2)5-4-6-16(3)22-20(24)17-11-13-23(14-12-17)27(25,26)19-9-7-18(21)8-10-19/h7-10,15-17H,4-6,11-14H2,1-3H3,(H,22,24)/t16-/m1/s1. The number of carbonyl (C=O) groups is 1. The molecule has 0 aliphatic carbocycles. The molecular weight excluding hydrogens is 384 g/mol. The predicted octanol–water partition coefficient (Wildman–Crippen LogP) is 4.07. The van der Waals surface area contributed by atoms with E-state index in [1.54, 1.807) is 12.1 Å². The summed E-state index contributed by atoms with van der Waals surface area (Å²) < 4.78 is 26.9. The fourth-order valence-corrected chi connectivity index (χ4v) is 4.97. The Morgan fingerprint density at radius 2 is 1.74 bits per heavy atom. The monoisotopic (exact) mass is 414 g/mol. The van der Waals surface area contributed by atoms with Gasteiger partial charge in [0.15, 0.2) is 0 Å². The number of carbonyl (C=O) groups excluding carboxylic acids is 1. The van der Waals surface area contributed by atoms with Crippen molar-refractivity contribution >= 4 is 27.5 Å². The van der Waals surface area contributed by atoms with Crippen LogP contribution in [0.4, 0.5) is 0 Å². The average Bonchev–Trinajstić information content (AvgIpc) is 2.61. The summed E-state index contributed by atoms with van der Waals surface area (Å²) in [6, 6.07) is 6.36. The van der Waals surface area contributed by atoms with E-state index in [-0.39, 0.29) is 22.8 Å². The van der Waals surface area contributed by atoms with Gasteiger partial charge in [-0.05, 0) is 56.4 Å². The van der Waals surface area contributed by atoms with Crippen LogP contribution in [-0.4, -0.2) is 37.8 Å². The number of rotatable bonds is 8. The number of sulfonamides is 1. The number of halogens is 1. The van der Waals surface area contributed by atoms with E-state index in [2.05, 4.69) is 19.2 Å². The molecule has 0 bridgehead atoms. The molecule has 1 atom stereocenters. The lowest BCUT2D eigenvalue weighted by molar-refractivity contribution is -0.126. The first-order valence-corrected chi connectivity index (χ1v) is 11.6. The minimum Gasteiger partial charge on any atom is -0.353 e. The van der Waals surface area contributed by atoms with Crippen LogP contribution in [0.25, 0.3) is 0 Å². The van der Waals surface area contributed by atoms with Crippen molar-refractivity contribution in [1.29, 1.82) is 0 Å². The number of hydrogen-bond acceptors (Lipinski definition) is 3. The van der Waals surface area contributed by atoms with Crippen molar-refractivity contribution in [2.75, 3.05) is 13.1 Å². The topological polar surface area (TPSA) is 66.5 Å². The molecule has 5 nitrogen and oxygen atoms in total. The highest BCUT2D eigenvalue weighted by Crippen LogP contribution is 2.25. The Labute approximate surface area is 168 Å².